The van der Waals surface area contributed by atoms with Crippen LogP contribution in [0.15, 0.2) is 18.2 Å². The molecule has 1 aromatic heterocycles. The van der Waals surface area contributed by atoms with Gasteiger partial charge in [0.25, 0.3) is 0 Å². The average molecular weight is 264 g/mol. The second-order valence-electron chi connectivity index (χ2n) is 3.51. The first-order chi connectivity index (χ1) is 7.06. The molecule has 0 saturated carbocycles. The van der Waals surface area contributed by atoms with Crippen molar-refractivity contribution in [3.05, 3.63) is 32.5 Å². The molecular formula is C11H15Cl2NS. The van der Waals surface area contributed by atoms with Crippen LogP contribution in [0.2, 0.25) is 8.67 Å². The summed E-state index contributed by atoms with van der Waals surface area (Å²) in [6, 6.07) is 2.03. The van der Waals surface area contributed by atoms with Gasteiger partial charge in [0.05, 0.1) is 14.7 Å². The summed E-state index contributed by atoms with van der Waals surface area (Å²) in [5.41, 5.74) is 2.09. The van der Waals surface area contributed by atoms with Gasteiger partial charge in [-0.1, -0.05) is 42.3 Å². The highest BCUT2D eigenvalue weighted by Gasteiger charge is 2.17. The summed E-state index contributed by atoms with van der Waals surface area (Å²) in [4.78, 5) is 0. The van der Waals surface area contributed by atoms with Gasteiger partial charge in [-0.05, 0) is 26.0 Å². The van der Waals surface area contributed by atoms with E-state index in [0.29, 0.717) is 0 Å². The molecule has 1 N–H and O–H groups in total. The van der Waals surface area contributed by atoms with Crippen LogP contribution in [0.1, 0.15) is 31.9 Å². The molecule has 1 unspecified atom stereocenters. The molecular weight excluding hydrogens is 249 g/mol. The van der Waals surface area contributed by atoms with Gasteiger partial charge in [0.15, 0.2) is 0 Å². The minimum absolute atomic E-state index is 0.112. The molecule has 0 radical (unpaired) electrons. The quantitative estimate of drug-likeness (QED) is 0.762. The second kappa shape index (κ2) is 5.90. The van der Waals surface area contributed by atoms with E-state index < -0.39 is 0 Å². The third-order valence-corrected chi connectivity index (χ3v) is 3.60. The molecule has 1 aromatic rings. The number of hydrogen-bond acceptors (Lipinski definition) is 2. The standard InChI is InChI=1S/C11H15Cl2NS/c1-4-5-14-10(7(2)3)8-6-9(12)15-11(8)13/h6,10,14H,2,4-5H2,1,3H3. The van der Waals surface area contributed by atoms with E-state index in [-0.39, 0.29) is 6.04 Å². The van der Waals surface area contributed by atoms with Crippen molar-refractivity contribution in [2.75, 3.05) is 6.54 Å². The Hall–Kier alpha value is -0.0200. The highest BCUT2D eigenvalue weighted by Crippen LogP contribution is 2.36. The van der Waals surface area contributed by atoms with Crippen LogP contribution in [-0.2, 0) is 0 Å². The molecule has 84 valence electrons. The van der Waals surface area contributed by atoms with Gasteiger partial charge in [-0.3, -0.25) is 0 Å². The molecule has 0 aliphatic rings. The minimum atomic E-state index is 0.112. The molecule has 1 heterocycles. The molecule has 0 saturated heterocycles. The fraction of sp³-hybridized carbons (Fsp3) is 0.455. The Balaban J connectivity index is 2.88. The van der Waals surface area contributed by atoms with Gasteiger partial charge < -0.3 is 5.32 Å². The van der Waals surface area contributed by atoms with Crippen molar-refractivity contribution >= 4 is 34.5 Å². The van der Waals surface area contributed by atoms with Crippen molar-refractivity contribution in [2.45, 2.75) is 26.3 Å². The normalized spacial score (nSPS) is 12.8. The van der Waals surface area contributed by atoms with Crippen LogP contribution >= 0.6 is 34.5 Å². The van der Waals surface area contributed by atoms with E-state index in [9.17, 15) is 0 Å². The van der Waals surface area contributed by atoms with Crippen LogP contribution in [0.25, 0.3) is 0 Å². The van der Waals surface area contributed by atoms with Gasteiger partial charge >= 0.3 is 0 Å². The monoisotopic (exact) mass is 263 g/mol. The van der Waals surface area contributed by atoms with E-state index in [4.69, 9.17) is 23.2 Å². The zero-order valence-electron chi connectivity index (χ0n) is 8.94. The summed E-state index contributed by atoms with van der Waals surface area (Å²) in [7, 11) is 0. The molecule has 0 amide bonds. The molecule has 1 atom stereocenters. The Bertz CT molecular complexity index is 346. The maximum atomic E-state index is 6.12. The summed E-state index contributed by atoms with van der Waals surface area (Å²) in [6.07, 6.45) is 1.08. The zero-order valence-corrected chi connectivity index (χ0v) is 11.3. The van der Waals surface area contributed by atoms with Gasteiger partial charge in [0.2, 0.25) is 0 Å². The first-order valence-electron chi connectivity index (χ1n) is 4.89. The van der Waals surface area contributed by atoms with Crippen LogP contribution in [0.4, 0.5) is 0 Å². The smallest absolute Gasteiger partial charge is 0.0995 e. The van der Waals surface area contributed by atoms with E-state index in [2.05, 4.69) is 18.8 Å². The highest BCUT2D eigenvalue weighted by molar-refractivity contribution is 7.20. The average Bonchev–Trinajstić information content (AvgIpc) is 2.46. The number of thiophene rings is 1. The van der Waals surface area contributed by atoms with Gasteiger partial charge in [-0.25, -0.2) is 0 Å². The van der Waals surface area contributed by atoms with Crippen molar-refractivity contribution in [1.29, 1.82) is 0 Å². The van der Waals surface area contributed by atoms with E-state index in [1.165, 1.54) is 11.3 Å². The largest absolute Gasteiger partial charge is 0.306 e. The van der Waals surface area contributed by atoms with Gasteiger partial charge in [-0.2, -0.15) is 0 Å². The molecule has 0 bridgehead atoms. The maximum Gasteiger partial charge on any atom is 0.0995 e. The van der Waals surface area contributed by atoms with Crippen molar-refractivity contribution < 1.29 is 0 Å². The lowest BCUT2D eigenvalue weighted by Crippen LogP contribution is -2.22. The van der Waals surface area contributed by atoms with Crippen LogP contribution in [-0.4, -0.2) is 6.54 Å². The predicted octanol–water partition coefficient (Wildman–Crippen LogP) is 4.67. The van der Waals surface area contributed by atoms with Crippen LogP contribution in [0.3, 0.4) is 0 Å². The molecule has 0 aliphatic carbocycles. The lowest BCUT2D eigenvalue weighted by molar-refractivity contribution is 0.592. The Morgan fingerprint density at radius 1 is 1.60 bits per heavy atom. The molecule has 4 heteroatoms. The summed E-state index contributed by atoms with van der Waals surface area (Å²) in [6.45, 7) is 9.05. The van der Waals surface area contributed by atoms with Gasteiger partial charge in [0, 0.05) is 5.56 Å². The Kier molecular flexibility index (Phi) is 5.13. The van der Waals surface area contributed by atoms with Crippen molar-refractivity contribution in [1.82, 2.24) is 5.32 Å². The fourth-order valence-corrected chi connectivity index (χ4v) is 2.92. The first-order valence-corrected chi connectivity index (χ1v) is 6.47. The molecule has 1 rings (SSSR count). The molecule has 0 aliphatic heterocycles. The van der Waals surface area contributed by atoms with E-state index in [1.54, 1.807) is 0 Å². The lowest BCUT2D eigenvalue weighted by Gasteiger charge is -2.18. The third-order valence-electron chi connectivity index (χ3n) is 2.09. The van der Waals surface area contributed by atoms with E-state index in [0.717, 1.165) is 32.8 Å². The van der Waals surface area contributed by atoms with Gasteiger partial charge in [0.1, 0.15) is 0 Å². The molecule has 0 spiro atoms. The molecule has 15 heavy (non-hydrogen) atoms. The Morgan fingerprint density at radius 2 is 2.27 bits per heavy atom. The topological polar surface area (TPSA) is 12.0 Å². The Morgan fingerprint density at radius 3 is 2.67 bits per heavy atom. The third kappa shape index (κ3) is 3.49. The first kappa shape index (κ1) is 13.0. The molecule has 0 fully saturated rings. The Labute approximate surface area is 105 Å². The predicted molar refractivity (Wildman–Crippen MR) is 70.2 cm³/mol. The number of halogens is 2. The van der Waals surface area contributed by atoms with Crippen LogP contribution in [0.5, 0.6) is 0 Å². The minimum Gasteiger partial charge on any atom is -0.306 e. The van der Waals surface area contributed by atoms with Gasteiger partial charge in [-0.15, -0.1) is 11.3 Å². The number of nitrogens with one attached hydrogen (secondary N) is 1. The van der Waals surface area contributed by atoms with E-state index >= 15 is 0 Å². The second-order valence-corrected chi connectivity index (χ2v) is 5.80. The van der Waals surface area contributed by atoms with E-state index in [1.807, 2.05) is 13.0 Å². The van der Waals surface area contributed by atoms with Crippen molar-refractivity contribution in [3.63, 3.8) is 0 Å². The summed E-state index contributed by atoms with van der Waals surface area (Å²) < 4.78 is 1.47. The maximum absolute atomic E-state index is 6.12. The highest BCUT2D eigenvalue weighted by atomic mass is 35.5. The SMILES string of the molecule is C=C(C)C(NCCC)c1cc(Cl)sc1Cl. The molecule has 0 aromatic carbocycles. The van der Waals surface area contributed by atoms with Crippen LogP contribution in [0, 0.1) is 0 Å². The lowest BCUT2D eigenvalue weighted by atomic mass is 10.0. The number of rotatable bonds is 5. The summed E-state index contributed by atoms with van der Waals surface area (Å²) in [5, 5.41) is 3.40. The summed E-state index contributed by atoms with van der Waals surface area (Å²) >= 11 is 13.4. The van der Waals surface area contributed by atoms with Crippen molar-refractivity contribution in [2.24, 2.45) is 0 Å². The summed E-state index contributed by atoms with van der Waals surface area (Å²) in [5.74, 6) is 0. The number of hydrogen-bond donors (Lipinski definition) is 1. The fourth-order valence-electron chi connectivity index (χ4n) is 1.39. The molecule has 1 nitrogen and oxygen atoms in total. The van der Waals surface area contributed by atoms with Crippen molar-refractivity contribution in [3.8, 4) is 0 Å². The van der Waals surface area contributed by atoms with Crippen LogP contribution < -0.4 is 5.32 Å². The zero-order chi connectivity index (χ0) is 11.4.